The highest BCUT2D eigenvalue weighted by molar-refractivity contribution is 7.91. The van der Waals surface area contributed by atoms with E-state index in [2.05, 4.69) is 25.3 Å². The third kappa shape index (κ3) is 9.76. The van der Waals surface area contributed by atoms with Crippen LogP contribution < -0.4 is 24.8 Å². The van der Waals surface area contributed by atoms with E-state index >= 15 is 0 Å². The molecule has 2 aliphatic carbocycles. The quantitative estimate of drug-likeness (QED) is 0.267. The summed E-state index contributed by atoms with van der Waals surface area (Å²) in [6.07, 6.45) is -0.876. The zero-order chi connectivity index (χ0) is 44.0. The Labute approximate surface area is 348 Å². The van der Waals surface area contributed by atoms with E-state index in [-0.39, 0.29) is 36.4 Å². The lowest BCUT2D eigenvalue weighted by atomic mass is 9.85. The van der Waals surface area contributed by atoms with Crippen molar-refractivity contribution in [3.05, 3.63) is 36.0 Å². The van der Waals surface area contributed by atoms with Gasteiger partial charge in [-0.05, 0) is 97.1 Å². The van der Waals surface area contributed by atoms with Gasteiger partial charge in [0.15, 0.2) is 0 Å². The summed E-state index contributed by atoms with van der Waals surface area (Å²) in [4.78, 5) is 65.9. The van der Waals surface area contributed by atoms with Crippen LogP contribution in [0.4, 0.5) is 18.0 Å². The summed E-state index contributed by atoms with van der Waals surface area (Å²) in [6.45, 7) is 12.0. The first kappa shape index (κ1) is 44.9. The monoisotopic (exact) mass is 864 g/mol. The van der Waals surface area contributed by atoms with Gasteiger partial charge in [-0.3, -0.25) is 19.1 Å². The van der Waals surface area contributed by atoms with Crippen LogP contribution in [0.5, 0.6) is 11.6 Å². The molecule has 6 rings (SSSR count). The van der Waals surface area contributed by atoms with E-state index in [4.69, 9.17) is 14.2 Å². The number of hydrogen-bond acceptors (Lipinski definition) is 11. The van der Waals surface area contributed by atoms with Gasteiger partial charge >= 0.3 is 12.3 Å². The number of aromatic nitrogens is 2. The van der Waals surface area contributed by atoms with Crippen molar-refractivity contribution in [3.63, 3.8) is 0 Å². The van der Waals surface area contributed by atoms with Gasteiger partial charge in [-0.25, -0.2) is 23.2 Å². The molecule has 4 aliphatic rings. The van der Waals surface area contributed by atoms with Crippen LogP contribution in [-0.4, -0.2) is 94.3 Å². The Morgan fingerprint density at radius 1 is 1.07 bits per heavy atom. The summed E-state index contributed by atoms with van der Waals surface area (Å²) in [5.41, 5.74) is -4.07. The Hall–Kier alpha value is -4.68. The maximum absolute atomic E-state index is 14.9. The summed E-state index contributed by atoms with van der Waals surface area (Å²) >= 11 is 0. The van der Waals surface area contributed by atoms with Gasteiger partial charge in [0.2, 0.25) is 33.4 Å². The number of alkyl carbamates (subject to hydrolysis) is 1. The molecule has 1 saturated heterocycles. The van der Waals surface area contributed by atoms with Crippen molar-refractivity contribution in [2.75, 3.05) is 13.2 Å². The summed E-state index contributed by atoms with van der Waals surface area (Å²) in [7, 11) is -4.11. The van der Waals surface area contributed by atoms with Crippen LogP contribution in [-0.2, 0) is 35.3 Å². The molecule has 7 atom stereocenters. The number of carbonyl (C=O) groups excluding carboxylic acids is 4. The maximum atomic E-state index is 14.9. The zero-order valence-corrected chi connectivity index (χ0v) is 35.8. The maximum Gasteiger partial charge on any atom is 0.438 e. The van der Waals surface area contributed by atoms with E-state index in [1.165, 1.54) is 25.1 Å². The molecule has 60 heavy (non-hydrogen) atoms. The Kier molecular flexibility index (Phi) is 12.4. The van der Waals surface area contributed by atoms with Crippen LogP contribution in [0.25, 0.3) is 11.0 Å². The normalized spacial score (nSPS) is 28.9. The molecule has 330 valence electrons. The number of alkyl halides is 3. The average Bonchev–Trinajstić information content (AvgIpc) is 4.03. The molecular weight excluding hydrogens is 810 g/mol. The highest BCUT2D eigenvalue weighted by Crippen LogP contribution is 2.48. The minimum atomic E-state index is -5.01. The molecule has 4 amide bonds. The van der Waals surface area contributed by atoms with Gasteiger partial charge in [0.1, 0.15) is 35.1 Å². The Balaban J connectivity index is 1.40. The van der Waals surface area contributed by atoms with Gasteiger partial charge in [-0.1, -0.05) is 32.4 Å². The molecule has 0 spiro atoms. The smallest absolute Gasteiger partial charge is 0.438 e. The number of benzene rings is 1. The largest absolute Gasteiger partial charge is 0.494 e. The minimum Gasteiger partial charge on any atom is -0.494 e. The van der Waals surface area contributed by atoms with Crippen LogP contribution in [0.1, 0.15) is 106 Å². The number of amides is 4. The number of sulfonamides is 1. The number of ether oxygens (including phenoxy) is 3. The number of nitrogens with one attached hydrogen (secondary N) is 3. The molecule has 3 fully saturated rings. The molecular formula is C41H55F3N6O9S. The summed E-state index contributed by atoms with van der Waals surface area (Å²) in [6, 6.07) is 1.55. The second-order valence-electron chi connectivity index (χ2n) is 17.7. The number of carbonyl (C=O) groups is 4. The van der Waals surface area contributed by atoms with Crippen molar-refractivity contribution >= 4 is 44.9 Å². The number of halogens is 3. The van der Waals surface area contributed by atoms with Crippen molar-refractivity contribution in [1.29, 1.82) is 0 Å². The molecule has 15 nitrogen and oxygen atoms in total. The summed E-state index contributed by atoms with van der Waals surface area (Å²) in [5.74, 6) is -4.04. The number of rotatable bonds is 9. The third-order valence-corrected chi connectivity index (χ3v) is 13.9. The number of hydrogen-bond donors (Lipinski definition) is 3. The van der Waals surface area contributed by atoms with Crippen LogP contribution in [0.3, 0.4) is 0 Å². The van der Waals surface area contributed by atoms with Gasteiger partial charge in [0.25, 0.3) is 5.91 Å². The highest BCUT2D eigenvalue weighted by Gasteiger charge is 2.63. The van der Waals surface area contributed by atoms with Crippen LogP contribution in [0.2, 0.25) is 0 Å². The first-order valence-electron chi connectivity index (χ1n) is 20.5. The number of fused-ring (bicyclic) bond motifs is 3. The second kappa shape index (κ2) is 16.6. The lowest BCUT2D eigenvalue weighted by Crippen LogP contribution is -2.59. The Bertz CT molecular complexity index is 2140. The number of allylic oxidation sites excluding steroid dienone is 1. The lowest BCUT2D eigenvalue weighted by Gasteiger charge is -2.34. The van der Waals surface area contributed by atoms with Gasteiger partial charge in [0, 0.05) is 18.4 Å². The zero-order valence-electron chi connectivity index (χ0n) is 35.0. The molecule has 1 aromatic heterocycles. The van der Waals surface area contributed by atoms with Crippen LogP contribution in [0.15, 0.2) is 30.4 Å². The molecule has 2 aromatic rings. The van der Waals surface area contributed by atoms with Crippen molar-refractivity contribution in [3.8, 4) is 11.6 Å². The van der Waals surface area contributed by atoms with Crippen LogP contribution >= 0.6 is 0 Å². The first-order chi connectivity index (χ1) is 28.0. The van der Waals surface area contributed by atoms with E-state index in [0.29, 0.717) is 44.3 Å². The Morgan fingerprint density at radius 2 is 1.78 bits per heavy atom. The molecule has 3 heterocycles. The van der Waals surface area contributed by atoms with E-state index in [1.54, 1.807) is 33.8 Å². The van der Waals surface area contributed by atoms with Gasteiger partial charge in [-0.2, -0.15) is 13.2 Å². The second-order valence-corrected chi connectivity index (χ2v) is 19.9. The van der Waals surface area contributed by atoms with Crippen LogP contribution in [0, 0.1) is 17.8 Å². The lowest BCUT2D eigenvalue weighted by molar-refractivity contribution is -0.143. The van der Waals surface area contributed by atoms with E-state index in [0.717, 1.165) is 4.90 Å². The fourth-order valence-corrected chi connectivity index (χ4v) is 9.26. The van der Waals surface area contributed by atoms with Gasteiger partial charge in [-0.15, -0.1) is 0 Å². The van der Waals surface area contributed by atoms with Gasteiger partial charge < -0.3 is 29.7 Å². The number of nitrogens with zero attached hydrogens (tertiary/aromatic N) is 3. The van der Waals surface area contributed by atoms with Gasteiger partial charge in [0.05, 0.1) is 28.9 Å². The topological polar surface area (TPSA) is 195 Å². The Morgan fingerprint density at radius 3 is 2.42 bits per heavy atom. The molecule has 1 aromatic carbocycles. The predicted molar refractivity (Wildman–Crippen MR) is 213 cm³/mol. The average molecular weight is 865 g/mol. The molecule has 3 N–H and O–H groups in total. The van der Waals surface area contributed by atoms with E-state index in [1.807, 2.05) is 19.9 Å². The van der Waals surface area contributed by atoms with Crippen molar-refractivity contribution < 1.29 is 55.0 Å². The molecule has 1 unspecified atom stereocenters. The predicted octanol–water partition coefficient (Wildman–Crippen LogP) is 5.56. The molecule has 2 aliphatic heterocycles. The van der Waals surface area contributed by atoms with E-state index < -0.39 is 104 Å². The van der Waals surface area contributed by atoms with E-state index in [9.17, 15) is 40.8 Å². The van der Waals surface area contributed by atoms with Crippen molar-refractivity contribution in [2.45, 2.75) is 140 Å². The fourth-order valence-electron chi connectivity index (χ4n) is 7.95. The molecule has 0 radical (unpaired) electrons. The van der Waals surface area contributed by atoms with Crippen molar-refractivity contribution in [2.24, 2.45) is 17.8 Å². The SMILES string of the molecule is CCOc1ccc2nc(C(F)(F)F)c(O[C@@H]3C[C@H]4C(=O)N[C@]5(C(=O)NS(=O)(=O)C6(C)CC6)CC5/C=C\CC[C@@H](C)C[C@@H](CC)[C@H](NC(=O)OC(C)(C)C)C(=O)N4C3)nc2c1. The standard InChI is InChI=1S/C41H55F3N6O9S/c1-8-24-18-23(3)12-10-11-13-25-21-40(25,36(53)49-60(55,56)39(7)16-17-39)48-33(51)30-20-27(22-50(30)35(52)31(24)47-37(54)59-38(4,5)6)58-34-32(41(42,43)44)45-28-15-14-26(57-9-2)19-29(28)46-34/h11,13-15,19,23-25,27,30-31H,8-10,12,16-18,20-22H2,1-7H3,(H,47,54)(H,48,51)(H,49,53)/b13-11-/t23-,24-,25?,27-,30+,31+,40-/m1/s1. The fraction of sp³-hybridized carbons (Fsp3) is 0.659. The summed E-state index contributed by atoms with van der Waals surface area (Å²) < 4.78 is 88.1. The molecule has 2 saturated carbocycles. The highest BCUT2D eigenvalue weighted by atomic mass is 32.2. The molecule has 19 heteroatoms. The summed E-state index contributed by atoms with van der Waals surface area (Å²) in [5, 5.41) is 5.49. The van der Waals surface area contributed by atoms with Crippen molar-refractivity contribution in [1.82, 2.24) is 30.2 Å². The third-order valence-electron chi connectivity index (χ3n) is 11.7. The molecule has 0 bridgehead atoms. The first-order valence-corrected chi connectivity index (χ1v) is 22.0. The minimum absolute atomic E-state index is 0.0397.